The van der Waals surface area contributed by atoms with Gasteiger partial charge in [0.2, 0.25) is 11.8 Å². The van der Waals surface area contributed by atoms with Gasteiger partial charge in [0.1, 0.15) is 0 Å². The van der Waals surface area contributed by atoms with Crippen LogP contribution in [0.1, 0.15) is 28.8 Å². The zero-order valence-electron chi connectivity index (χ0n) is 16.4. The van der Waals surface area contributed by atoms with E-state index in [1.807, 2.05) is 18.2 Å². The third-order valence-electron chi connectivity index (χ3n) is 5.05. The molecule has 5 nitrogen and oxygen atoms in total. The van der Waals surface area contributed by atoms with Gasteiger partial charge < -0.3 is 10.2 Å². The number of allylic oxidation sites excluding steroid dienone is 2. The Morgan fingerprint density at radius 1 is 0.966 bits per heavy atom. The summed E-state index contributed by atoms with van der Waals surface area (Å²) in [5.74, 6) is -1.37. The molecule has 2 atom stereocenters. The molecule has 0 saturated carbocycles. The van der Waals surface area contributed by atoms with Crippen molar-refractivity contribution < 1.29 is 14.4 Å². The highest BCUT2D eigenvalue weighted by molar-refractivity contribution is 9.10. The number of nitrogens with zero attached hydrogens (tertiary/aromatic N) is 1. The van der Waals surface area contributed by atoms with Crippen LogP contribution in [0.3, 0.4) is 0 Å². The molecule has 1 aliphatic carbocycles. The van der Waals surface area contributed by atoms with E-state index in [1.165, 1.54) is 4.90 Å². The average Bonchev–Trinajstić information content (AvgIpc) is 2.74. The summed E-state index contributed by atoms with van der Waals surface area (Å²) in [6, 6.07) is 14.1. The predicted octanol–water partition coefficient (Wildman–Crippen LogP) is 4.29. The van der Waals surface area contributed by atoms with Crippen LogP contribution in [0, 0.1) is 11.8 Å². The van der Waals surface area contributed by atoms with Gasteiger partial charge in [0.15, 0.2) is 5.78 Å². The van der Waals surface area contributed by atoms with Crippen molar-refractivity contribution >= 4 is 39.2 Å². The summed E-state index contributed by atoms with van der Waals surface area (Å²) in [7, 11) is 3.39. The Kier molecular flexibility index (Phi) is 6.64. The van der Waals surface area contributed by atoms with Gasteiger partial charge in [-0.05, 0) is 31.0 Å². The van der Waals surface area contributed by atoms with Gasteiger partial charge in [0, 0.05) is 29.7 Å². The lowest BCUT2D eigenvalue weighted by atomic mass is 9.81. The molecule has 0 aromatic heterocycles. The van der Waals surface area contributed by atoms with Crippen molar-refractivity contribution in [3.8, 4) is 0 Å². The van der Waals surface area contributed by atoms with Crippen LogP contribution in [0.5, 0.6) is 0 Å². The standard InChI is InChI=1S/C23H23BrN2O3/c1-26(2)23(29)18-11-7-6-10-17(18)22(28)25-20-13-12-16(24)14-19(20)21(27)15-8-4-3-5-9-15/h3-9,12-14,17-18H,10-11H2,1-2H3,(H,25,28). The zero-order chi connectivity index (χ0) is 21.0. The molecular formula is C23H23BrN2O3. The monoisotopic (exact) mass is 454 g/mol. The summed E-state index contributed by atoms with van der Waals surface area (Å²) in [5, 5.41) is 2.90. The van der Waals surface area contributed by atoms with Gasteiger partial charge in [-0.3, -0.25) is 14.4 Å². The largest absolute Gasteiger partial charge is 0.349 e. The van der Waals surface area contributed by atoms with E-state index >= 15 is 0 Å². The minimum absolute atomic E-state index is 0.0640. The van der Waals surface area contributed by atoms with Crippen LogP contribution in [-0.2, 0) is 9.59 Å². The van der Waals surface area contributed by atoms with E-state index in [9.17, 15) is 14.4 Å². The highest BCUT2D eigenvalue weighted by Crippen LogP contribution is 2.30. The number of carbonyl (C=O) groups is 3. The smallest absolute Gasteiger partial charge is 0.228 e. The zero-order valence-corrected chi connectivity index (χ0v) is 18.0. The number of hydrogen-bond donors (Lipinski definition) is 1. The molecule has 29 heavy (non-hydrogen) atoms. The quantitative estimate of drug-likeness (QED) is 0.541. The van der Waals surface area contributed by atoms with Crippen molar-refractivity contribution in [1.82, 2.24) is 4.90 Å². The summed E-state index contributed by atoms with van der Waals surface area (Å²) in [5.41, 5.74) is 1.39. The van der Waals surface area contributed by atoms with Crippen molar-refractivity contribution in [2.24, 2.45) is 11.8 Å². The molecule has 0 saturated heterocycles. The molecule has 0 bridgehead atoms. The van der Waals surface area contributed by atoms with Gasteiger partial charge in [-0.25, -0.2) is 0 Å². The summed E-state index contributed by atoms with van der Waals surface area (Å²) < 4.78 is 0.746. The Morgan fingerprint density at radius 2 is 1.62 bits per heavy atom. The Hall–Kier alpha value is -2.73. The van der Waals surface area contributed by atoms with Gasteiger partial charge in [-0.2, -0.15) is 0 Å². The molecule has 2 aromatic rings. The number of amides is 2. The van der Waals surface area contributed by atoms with E-state index in [0.29, 0.717) is 29.7 Å². The minimum atomic E-state index is -0.474. The second kappa shape index (κ2) is 9.18. The summed E-state index contributed by atoms with van der Waals surface area (Å²) in [6.07, 6.45) is 4.90. The molecule has 1 aliphatic rings. The molecule has 2 unspecified atom stereocenters. The predicted molar refractivity (Wildman–Crippen MR) is 117 cm³/mol. The highest BCUT2D eigenvalue weighted by atomic mass is 79.9. The maximum Gasteiger partial charge on any atom is 0.228 e. The first-order chi connectivity index (χ1) is 13.9. The molecule has 3 rings (SSSR count). The van der Waals surface area contributed by atoms with Crippen molar-refractivity contribution in [3.63, 3.8) is 0 Å². The van der Waals surface area contributed by atoms with Gasteiger partial charge in [-0.15, -0.1) is 0 Å². The van der Waals surface area contributed by atoms with Crippen molar-refractivity contribution in [2.75, 3.05) is 19.4 Å². The van der Waals surface area contributed by atoms with E-state index in [4.69, 9.17) is 0 Å². The van der Waals surface area contributed by atoms with Crippen LogP contribution in [0.25, 0.3) is 0 Å². The minimum Gasteiger partial charge on any atom is -0.349 e. The van der Waals surface area contributed by atoms with E-state index in [-0.39, 0.29) is 17.6 Å². The normalized spacial score (nSPS) is 18.2. The molecule has 0 aliphatic heterocycles. The lowest BCUT2D eigenvalue weighted by molar-refractivity contribution is -0.138. The first kappa shape index (κ1) is 21.0. The molecule has 2 amide bonds. The molecular weight excluding hydrogens is 432 g/mol. The van der Waals surface area contributed by atoms with E-state index in [2.05, 4.69) is 21.2 Å². The molecule has 1 N–H and O–H groups in total. The fraction of sp³-hybridized carbons (Fsp3) is 0.261. The van der Waals surface area contributed by atoms with Crippen LogP contribution in [0.4, 0.5) is 5.69 Å². The van der Waals surface area contributed by atoms with Crippen LogP contribution >= 0.6 is 15.9 Å². The number of benzene rings is 2. The molecule has 2 aromatic carbocycles. The first-order valence-electron chi connectivity index (χ1n) is 9.45. The van der Waals surface area contributed by atoms with Crippen molar-refractivity contribution in [2.45, 2.75) is 12.8 Å². The summed E-state index contributed by atoms with van der Waals surface area (Å²) in [6.45, 7) is 0. The van der Waals surface area contributed by atoms with E-state index in [0.717, 1.165) is 4.47 Å². The van der Waals surface area contributed by atoms with Crippen molar-refractivity contribution in [3.05, 3.63) is 76.3 Å². The third kappa shape index (κ3) is 4.82. The number of rotatable bonds is 5. The van der Waals surface area contributed by atoms with Crippen LogP contribution in [0.15, 0.2) is 65.2 Å². The maximum atomic E-state index is 13.1. The number of carbonyl (C=O) groups excluding carboxylic acids is 3. The fourth-order valence-corrected chi connectivity index (χ4v) is 3.85. The molecule has 0 heterocycles. The number of hydrogen-bond acceptors (Lipinski definition) is 3. The third-order valence-corrected chi connectivity index (χ3v) is 5.54. The van der Waals surface area contributed by atoms with Crippen LogP contribution < -0.4 is 5.32 Å². The van der Waals surface area contributed by atoms with Gasteiger partial charge in [-0.1, -0.05) is 58.4 Å². The van der Waals surface area contributed by atoms with Crippen molar-refractivity contribution in [1.29, 1.82) is 0 Å². The Labute approximate surface area is 178 Å². The molecule has 0 fully saturated rings. The number of halogens is 1. The Balaban J connectivity index is 1.88. The maximum absolute atomic E-state index is 13.1. The summed E-state index contributed by atoms with van der Waals surface area (Å²) >= 11 is 3.40. The van der Waals surface area contributed by atoms with E-state index < -0.39 is 11.8 Å². The summed E-state index contributed by atoms with van der Waals surface area (Å²) in [4.78, 5) is 40.1. The number of ketones is 1. The van der Waals surface area contributed by atoms with Gasteiger partial charge >= 0.3 is 0 Å². The second-order valence-corrected chi connectivity index (χ2v) is 8.18. The average molecular weight is 455 g/mol. The molecule has 0 radical (unpaired) electrons. The SMILES string of the molecule is CN(C)C(=O)C1CC=CCC1C(=O)Nc1ccc(Br)cc1C(=O)c1ccccc1. The van der Waals surface area contributed by atoms with Crippen LogP contribution in [0.2, 0.25) is 0 Å². The topological polar surface area (TPSA) is 66.5 Å². The van der Waals surface area contributed by atoms with Crippen LogP contribution in [-0.4, -0.2) is 36.6 Å². The molecule has 0 spiro atoms. The fourth-order valence-electron chi connectivity index (χ4n) is 3.49. The lowest BCUT2D eigenvalue weighted by Gasteiger charge is -2.29. The second-order valence-electron chi connectivity index (χ2n) is 7.26. The Morgan fingerprint density at radius 3 is 2.28 bits per heavy atom. The molecule has 6 heteroatoms. The highest BCUT2D eigenvalue weighted by Gasteiger charge is 2.35. The number of nitrogens with one attached hydrogen (secondary N) is 1. The van der Waals surface area contributed by atoms with Gasteiger partial charge in [0.05, 0.1) is 17.5 Å². The van der Waals surface area contributed by atoms with E-state index in [1.54, 1.807) is 56.6 Å². The Bertz CT molecular complexity index is 954. The lowest BCUT2D eigenvalue weighted by Crippen LogP contribution is -2.40. The molecule has 150 valence electrons. The number of anilines is 1. The first-order valence-corrected chi connectivity index (χ1v) is 10.2. The van der Waals surface area contributed by atoms with Gasteiger partial charge in [0.25, 0.3) is 0 Å².